The van der Waals surface area contributed by atoms with Crippen LogP contribution in [0.5, 0.6) is 0 Å². The van der Waals surface area contributed by atoms with Gasteiger partial charge in [-0.15, -0.1) is 11.3 Å². The fraction of sp³-hybridized carbons (Fsp3) is 0.111. The third-order valence-corrected chi connectivity index (χ3v) is 5.98. The highest BCUT2D eigenvalue weighted by Crippen LogP contribution is 2.23. The van der Waals surface area contributed by atoms with Crippen molar-refractivity contribution < 1.29 is 14.0 Å². The van der Waals surface area contributed by atoms with Crippen LogP contribution in [-0.4, -0.2) is 11.8 Å². The van der Waals surface area contributed by atoms with Gasteiger partial charge in [-0.25, -0.2) is 4.39 Å². The lowest BCUT2D eigenvalue weighted by atomic mass is 10.1. The second-order valence-electron chi connectivity index (χ2n) is 7.76. The quantitative estimate of drug-likeness (QED) is 0.357. The van der Waals surface area contributed by atoms with Crippen LogP contribution in [0, 0.1) is 12.7 Å². The number of carbonyl (C=O) groups is 2. The topological polar surface area (TPSA) is 49.4 Å². The number of nitrogens with one attached hydrogen (secondary N) is 1. The average Bonchev–Trinajstić information content (AvgIpc) is 3.33. The van der Waals surface area contributed by atoms with Gasteiger partial charge in [-0.3, -0.25) is 9.59 Å². The number of benzene rings is 3. The highest BCUT2D eigenvalue weighted by atomic mass is 32.1. The molecule has 4 aromatic rings. The number of nitrogens with zero attached hydrogens (tertiary/aromatic N) is 1. The second-order valence-corrected chi connectivity index (χ2v) is 8.71. The predicted octanol–water partition coefficient (Wildman–Crippen LogP) is 6.22. The minimum Gasteiger partial charge on any atom is -0.326 e. The van der Waals surface area contributed by atoms with E-state index in [1.54, 1.807) is 23.1 Å². The van der Waals surface area contributed by atoms with Gasteiger partial charge in [0.2, 0.25) is 5.91 Å². The maximum Gasteiger partial charge on any atom is 0.268 e. The third-order valence-electron chi connectivity index (χ3n) is 5.12. The van der Waals surface area contributed by atoms with Gasteiger partial charge in [-0.2, -0.15) is 0 Å². The molecule has 1 heterocycles. The molecule has 2 amide bonds. The molecule has 0 aliphatic rings. The van der Waals surface area contributed by atoms with E-state index in [1.807, 2.05) is 66.9 Å². The maximum atomic E-state index is 13.7. The SMILES string of the molecule is Cc1cccc(NC(=O)Cc2ccc(N(Cc3cccc(F)c3)C(=O)c3cccs3)cc2)c1. The number of aryl methyl sites for hydroxylation is 1. The van der Waals surface area contributed by atoms with Crippen molar-refractivity contribution in [2.24, 2.45) is 0 Å². The van der Waals surface area contributed by atoms with E-state index in [4.69, 9.17) is 0 Å². The number of thiophene rings is 1. The van der Waals surface area contributed by atoms with Crippen LogP contribution < -0.4 is 10.2 Å². The minimum atomic E-state index is -0.342. The zero-order valence-electron chi connectivity index (χ0n) is 18.1. The van der Waals surface area contributed by atoms with E-state index in [9.17, 15) is 14.0 Å². The van der Waals surface area contributed by atoms with E-state index in [0.717, 1.165) is 16.8 Å². The van der Waals surface area contributed by atoms with Crippen LogP contribution in [0.25, 0.3) is 0 Å². The van der Waals surface area contributed by atoms with E-state index in [1.165, 1.54) is 23.5 Å². The molecule has 0 unspecified atom stereocenters. The molecule has 4 rings (SSSR count). The summed E-state index contributed by atoms with van der Waals surface area (Å²) in [4.78, 5) is 27.8. The van der Waals surface area contributed by atoms with Crippen molar-refractivity contribution in [2.75, 3.05) is 10.2 Å². The normalized spacial score (nSPS) is 10.6. The van der Waals surface area contributed by atoms with Gasteiger partial charge in [0.25, 0.3) is 5.91 Å². The van der Waals surface area contributed by atoms with Gasteiger partial charge >= 0.3 is 0 Å². The molecule has 1 N–H and O–H groups in total. The Balaban J connectivity index is 1.51. The molecule has 0 atom stereocenters. The Bertz CT molecular complexity index is 1250. The molecule has 1 aromatic heterocycles. The van der Waals surface area contributed by atoms with Crippen LogP contribution in [0.4, 0.5) is 15.8 Å². The molecule has 0 saturated carbocycles. The van der Waals surface area contributed by atoms with Crippen molar-refractivity contribution >= 4 is 34.5 Å². The molecule has 0 aliphatic heterocycles. The predicted molar refractivity (Wildman–Crippen MR) is 131 cm³/mol. The van der Waals surface area contributed by atoms with Gasteiger partial charge < -0.3 is 10.2 Å². The lowest BCUT2D eigenvalue weighted by molar-refractivity contribution is -0.115. The molecular formula is C27H23FN2O2S. The third kappa shape index (κ3) is 5.93. The number of carbonyl (C=O) groups excluding carboxylic acids is 2. The lowest BCUT2D eigenvalue weighted by Crippen LogP contribution is -2.29. The maximum absolute atomic E-state index is 13.7. The number of anilines is 2. The fourth-order valence-corrected chi connectivity index (χ4v) is 4.21. The van der Waals surface area contributed by atoms with Crippen molar-refractivity contribution in [1.29, 1.82) is 0 Å². The summed E-state index contributed by atoms with van der Waals surface area (Å²) in [7, 11) is 0. The summed E-state index contributed by atoms with van der Waals surface area (Å²) in [6, 6.07) is 24.8. The van der Waals surface area contributed by atoms with Gasteiger partial charge in [-0.05, 0) is 71.5 Å². The highest BCUT2D eigenvalue weighted by molar-refractivity contribution is 7.12. The van der Waals surface area contributed by atoms with Gasteiger partial charge in [0.1, 0.15) is 5.82 Å². The van der Waals surface area contributed by atoms with Crippen molar-refractivity contribution in [1.82, 2.24) is 0 Å². The molecule has 0 fully saturated rings. The Hall–Kier alpha value is -3.77. The van der Waals surface area contributed by atoms with Crippen LogP contribution in [0.2, 0.25) is 0 Å². The van der Waals surface area contributed by atoms with E-state index in [-0.39, 0.29) is 30.6 Å². The summed E-state index contributed by atoms with van der Waals surface area (Å²) in [5.74, 6) is -0.607. The van der Waals surface area contributed by atoms with Gasteiger partial charge in [0.05, 0.1) is 17.8 Å². The standard InChI is InChI=1S/C27H23FN2O2S/c1-19-5-2-8-23(15-19)29-26(31)17-20-10-12-24(13-11-20)30(27(32)25-9-4-14-33-25)18-21-6-3-7-22(28)16-21/h2-16H,17-18H2,1H3,(H,29,31). The Labute approximate surface area is 196 Å². The summed E-state index contributed by atoms with van der Waals surface area (Å²) in [6.07, 6.45) is 0.219. The minimum absolute atomic E-state index is 0.111. The molecular weight excluding hydrogens is 435 g/mol. The number of amides is 2. The number of hydrogen-bond donors (Lipinski definition) is 1. The number of rotatable bonds is 7. The summed E-state index contributed by atoms with van der Waals surface area (Å²) in [6.45, 7) is 2.21. The van der Waals surface area contributed by atoms with Crippen LogP contribution in [-0.2, 0) is 17.8 Å². The first-order valence-corrected chi connectivity index (χ1v) is 11.4. The first-order chi connectivity index (χ1) is 16.0. The van der Waals surface area contributed by atoms with Crippen molar-refractivity contribution in [3.05, 3.63) is 118 Å². The first kappa shape index (κ1) is 22.4. The summed E-state index contributed by atoms with van der Waals surface area (Å²) < 4.78 is 13.7. The number of halogens is 1. The molecule has 3 aromatic carbocycles. The van der Waals surface area contributed by atoms with Crippen LogP contribution in [0.1, 0.15) is 26.4 Å². The number of hydrogen-bond acceptors (Lipinski definition) is 3. The van der Waals surface area contributed by atoms with Crippen LogP contribution in [0.3, 0.4) is 0 Å². The zero-order chi connectivity index (χ0) is 23.2. The largest absolute Gasteiger partial charge is 0.326 e. The summed E-state index contributed by atoms with van der Waals surface area (Å²) in [5, 5.41) is 4.76. The zero-order valence-corrected chi connectivity index (χ0v) is 18.9. The van der Waals surface area contributed by atoms with E-state index < -0.39 is 0 Å². The van der Waals surface area contributed by atoms with Gasteiger partial charge in [-0.1, -0.05) is 42.5 Å². The molecule has 0 aliphatic carbocycles. The fourth-order valence-electron chi connectivity index (χ4n) is 3.54. The molecule has 6 heteroatoms. The molecule has 0 radical (unpaired) electrons. The Morgan fingerprint density at radius 2 is 1.70 bits per heavy atom. The second kappa shape index (κ2) is 10.2. The van der Waals surface area contributed by atoms with Crippen molar-refractivity contribution in [2.45, 2.75) is 19.9 Å². The van der Waals surface area contributed by atoms with Crippen LogP contribution >= 0.6 is 11.3 Å². The Kier molecular flexibility index (Phi) is 6.95. The van der Waals surface area contributed by atoms with Crippen molar-refractivity contribution in [3.63, 3.8) is 0 Å². The molecule has 0 saturated heterocycles. The molecule has 0 bridgehead atoms. The molecule has 166 valence electrons. The summed E-state index contributed by atoms with van der Waals surface area (Å²) >= 11 is 1.36. The Morgan fingerprint density at radius 3 is 2.39 bits per heavy atom. The molecule has 0 spiro atoms. The van der Waals surface area contributed by atoms with Crippen LogP contribution in [0.15, 0.2) is 90.3 Å². The monoisotopic (exact) mass is 458 g/mol. The van der Waals surface area contributed by atoms with E-state index in [2.05, 4.69) is 5.32 Å². The summed E-state index contributed by atoms with van der Waals surface area (Å²) in [5.41, 5.74) is 4.05. The smallest absolute Gasteiger partial charge is 0.268 e. The lowest BCUT2D eigenvalue weighted by Gasteiger charge is -2.23. The first-order valence-electron chi connectivity index (χ1n) is 10.5. The van der Waals surface area contributed by atoms with E-state index in [0.29, 0.717) is 16.1 Å². The molecule has 33 heavy (non-hydrogen) atoms. The average molecular weight is 459 g/mol. The highest BCUT2D eigenvalue weighted by Gasteiger charge is 2.19. The van der Waals surface area contributed by atoms with E-state index >= 15 is 0 Å². The van der Waals surface area contributed by atoms with Gasteiger partial charge in [0.15, 0.2) is 0 Å². The van der Waals surface area contributed by atoms with Gasteiger partial charge in [0, 0.05) is 11.4 Å². The van der Waals surface area contributed by atoms with Crippen molar-refractivity contribution in [3.8, 4) is 0 Å². The Morgan fingerprint density at radius 1 is 0.909 bits per heavy atom. The molecule has 4 nitrogen and oxygen atoms in total.